The van der Waals surface area contributed by atoms with Gasteiger partial charge in [0.15, 0.2) is 0 Å². The number of carbonyl (C=O) groups is 1. The van der Waals surface area contributed by atoms with Gasteiger partial charge >= 0.3 is 16.3 Å². The maximum absolute atomic E-state index is 11.6. The van der Waals surface area contributed by atoms with Gasteiger partial charge in [-0.2, -0.15) is 12.7 Å². The number of nitrogens with one attached hydrogen (secondary N) is 1. The second kappa shape index (κ2) is 4.56. The highest BCUT2D eigenvalue weighted by Gasteiger charge is 2.44. The van der Waals surface area contributed by atoms with Gasteiger partial charge in [0.2, 0.25) is 0 Å². The van der Waals surface area contributed by atoms with Gasteiger partial charge in [-0.25, -0.2) is 9.52 Å². The Morgan fingerprint density at radius 2 is 2.06 bits per heavy atom. The third-order valence-corrected chi connectivity index (χ3v) is 3.88. The van der Waals surface area contributed by atoms with E-state index in [0.717, 1.165) is 4.31 Å². The van der Waals surface area contributed by atoms with Crippen LogP contribution < -0.4 is 10.5 Å². The summed E-state index contributed by atoms with van der Waals surface area (Å²) in [5.41, 5.74) is 5.36. The molecular formula is C8H17N3O4S. The Kier molecular flexibility index (Phi) is 3.76. The van der Waals surface area contributed by atoms with Crippen LogP contribution in [0.15, 0.2) is 0 Å². The predicted octanol–water partition coefficient (Wildman–Crippen LogP) is -0.600. The first-order valence-electron chi connectivity index (χ1n) is 5.06. The molecule has 16 heavy (non-hydrogen) atoms. The molecule has 0 saturated carbocycles. The Balaban J connectivity index is 2.52. The molecule has 1 aliphatic heterocycles. The molecule has 0 spiro atoms. The van der Waals surface area contributed by atoms with Crippen molar-refractivity contribution in [1.82, 2.24) is 9.03 Å². The zero-order chi connectivity index (χ0) is 12.4. The third-order valence-electron chi connectivity index (χ3n) is 2.51. The second-order valence-corrected chi connectivity index (χ2v) is 5.48. The Morgan fingerprint density at radius 1 is 1.50 bits per heavy atom. The maximum Gasteiger partial charge on any atom is 0.421 e. The van der Waals surface area contributed by atoms with Crippen molar-refractivity contribution >= 4 is 16.3 Å². The SMILES string of the molecule is CCOC(=O)NS(=O)(=O)N1CC(N)(CC)C1. The van der Waals surface area contributed by atoms with E-state index in [1.165, 1.54) is 0 Å². The molecule has 3 N–H and O–H groups in total. The largest absolute Gasteiger partial charge is 0.449 e. The summed E-state index contributed by atoms with van der Waals surface area (Å²) in [6.07, 6.45) is -0.271. The lowest BCUT2D eigenvalue weighted by Gasteiger charge is -2.45. The van der Waals surface area contributed by atoms with Crippen molar-refractivity contribution in [3.8, 4) is 0 Å². The van der Waals surface area contributed by atoms with E-state index < -0.39 is 21.8 Å². The van der Waals surface area contributed by atoms with E-state index in [1.54, 1.807) is 11.6 Å². The van der Waals surface area contributed by atoms with E-state index in [-0.39, 0.29) is 19.7 Å². The number of hydrogen-bond acceptors (Lipinski definition) is 5. The Morgan fingerprint density at radius 3 is 2.50 bits per heavy atom. The topological polar surface area (TPSA) is 102 Å². The van der Waals surface area contributed by atoms with Crippen molar-refractivity contribution < 1.29 is 17.9 Å². The predicted molar refractivity (Wildman–Crippen MR) is 57.9 cm³/mol. The second-order valence-electron chi connectivity index (χ2n) is 3.81. The quantitative estimate of drug-likeness (QED) is 0.694. The molecular weight excluding hydrogens is 234 g/mol. The summed E-state index contributed by atoms with van der Waals surface area (Å²) < 4.78 is 30.5. The minimum atomic E-state index is -3.80. The molecule has 94 valence electrons. The summed E-state index contributed by atoms with van der Waals surface area (Å²) in [6.45, 7) is 4.05. The molecule has 0 aromatic rings. The van der Waals surface area contributed by atoms with E-state index in [1.807, 2.05) is 6.92 Å². The first-order chi connectivity index (χ1) is 7.33. The summed E-state index contributed by atoms with van der Waals surface area (Å²) in [5.74, 6) is 0. The fourth-order valence-corrected chi connectivity index (χ4v) is 2.63. The number of rotatable bonds is 4. The molecule has 0 unspecified atom stereocenters. The monoisotopic (exact) mass is 251 g/mol. The Bertz CT molecular complexity index is 361. The van der Waals surface area contributed by atoms with E-state index in [4.69, 9.17) is 5.73 Å². The minimum Gasteiger partial charge on any atom is -0.449 e. The highest BCUT2D eigenvalue weighted by atomic mass is 32.2. The average Bonchev–Trinajstić information content (AvgIpc) is 2.12. The smallest absolute Gasteiger partial charge is 0.421 e. The van der Waals surface area contributed by atoms with Gasteiger partial charge in [-0.3, -0.25) is 0 Å². The van der Waals surface area contributed by atoms with Crippen LogP contribution in [0.1, 0.15) is 20.3 Å². The molecule has 0 aromatic heterocycles. The molecule has 0 atom stereocenters. The molecule has 8 heteroatoms. The summed E-state index contributed by atoms with van der Waals surface area (Å²) in [5, 5.41) is 0. The summed E-state index contributed by atoms with van der Waals surface area (Å²) >= 11 is 0. The van der Waals surface area contributed by atoms with Crippen molar-refractivity contribution in [1.29, 1.82) is 0 Å². The van der Waals surface area contributed by atoms with Crippen LogP contribution in [0.25, 0.3) is 0 Å². The van der Waals surface area contributed by atoms with Crippen LogP contribution in [0.3, 0.4) is 0 Å². The van der Waals surface area contributed by atoms with Gasteiger partial charge in [0.1, 0.15) is 0 Å². The van der Waals surface area contributed by atoms with E-state index >= 15 is 0 Å². The molecule has 1 heterocycles. The van der Waals surface area contributed by atoms with Crippen LogP contribution in [0, 0.1) is 0 Å². The van der Waals surface area contributed by atoms with Crippen molar-refractivity contribution in [2.45, 2.75) is 25.8 Å². The van der Waals surface area contributed by atoms with Gasteiger partial charge in [-0.1, -0.05) is 6.92 Å². The van der Waals surface area contributed by atoms with Crippen LogP contribution in [0.4, 0.5) is 4.79 Å². The van der Waals surface area contributed by atoms with Crippen molar-refractivity contribution in [3.63, 3.8) is 0 Å². The van der Waals surface area contributed by atoms with Crippen molar-refractivity contribution in [2.24, 2.45) is 5.73 Å². The molecule has 1 saturated heterocycles. The van der Waals surface area contributed by atoms with Crippen LogP contribution in [-0.4, -0.2) is 44.1 Å². The molecule has 1 rings (SSSR count). The van der Waals surface area contributed by atoms with Gasteiger partial charge in [0.05, 0.1) is 6.61 Å². The van der Waals surface area contributed by atoms with Crippen LogP contribution in [-0.2, 0) is 14.9 Å². The molecule has 1 fully saturated rings. The zero-order valence-electron chi connectivity index (χ0n) is 9.39. The molecule has 0 aliphatic carbocycles. The standard InChI is InChI=1S/C8H17N3O4S/c1-3-8(9)5-11(6-8)16(13,14)10-7(12)15-4-2/h3-6,9H2,1-2H3,(H,10,12). The van der Waals surface area contributed by atoms with Gasteiger partial charge in [-0.15, -0.1) is 0 Å². The fraction of sp³-hybridized carbons (Fsp3) is 0.875. The normalized spacial score (nSPS) is 19.9. The number of hydrogen-bond donors (Lipinski definition) is 2. The summed E-state index contributed by atoms with van der Waals surface area (Å²) in [4.78, 5) is 11.0. The van der Waals surface area contributed by atoms with Crippen LogP contribution in [0.2, 0.25) is 0 Å². The van der Waals surface area contributed by atoms with E-state index in [2.05, 4.69) is 4.74 Å². The lowest BCUT2D eigenvalue weighted by molar-refractivity contribution is 0.143. The lowest BCUT2D eigenvalue weighted by Crippen LogP contribution is -2.69. The summed E-state index contributed by atoms with van der Waals surface area (Å²) in [7, 11) is -3.80. The number of carbonyl (C=O) groups excluding carboxylic acids is 1. The number of nitrogens with two attached hydrogens (primary N) is 1. The highest BCUT2D eigenvalue weighted by Crippen LogP contribution is 2.23. The lowest BCUT2D eigenvalue weighted by atomic mass is 9.91. The summed E-state index contributed by atoms with van der Waals surface area (Å²) in [6, 6.07) is 0. The molecule has 0 aromatic carbocycles. The fourth-order valence-electron chi connectivity index (χ4n) is 1.38. The van der Waals surface area contributed by atoms with Crippen LogP contribution >= 0.6 is 0 Å². The molecule has 1 aliphatic rings. The first kappa shape index (κ1) is 13.2. The number of ether oxygens (including phenoxy) is 1. The zero-order valence-corrected chi connectivity index (χ0v) is 10.2. The molecule has 0 radical (unpaired) electrons. The van der Waals surface area contributed by atoms with Gasteiger partial charge in [0.25, 0.3) is 0 Å². The van der Waals surface area contributed by atoms with E-state index in [0.29, 0.717) is 6.42 Å². The molecule has 1 amide bonds. The van der Waals surface area contributed by atoms with Crippen molar-refractivity contribution in [2.75, 3.05) is 19.7 Å². The van der Waals surface area contributed by atoms with Crippen molar-refractivity contribution in [3.05, 3.63) is 0 Å². The van der Waals surface area contributed by atoms with Gasteiger partial charge in [0, 0.05) is 18.6 Å². The Labute approximate surface area is 95.1 Å². The van der Waals surface area contributed by atoms with Gasteiger partial charge < -0.3 is 10.5 Å². The highest BCUT2D eigenvalue weighted by molar-refractivity contribution is 7.87. The third kappa shape index (κ3) is 2.83. The minimum absolute atomic E-state index is 0.122. The molecule has 0 bridgehead atoms. The average molecular weight is 251 g/mol. The number of amides is 1. The van der Waals surface area contributed by atoms with Crippen LogP contribution in [0.5, 0.6) is 0 Å². The first-order valence-corrected chi connectivity index (χ1v) is 6.50. The van der Waals surface area contributed by atoms with E-state index in [9.17, 15) is 13.2 Å². The molecule has 7 nitrogen and oxygen atoms in total. The number of nitrogens with zero attached hydrogens (tertiary/aromatic N) is 1. The van der Waals surface area contributed by atoms with Gasteiger partial charge in [-0.05, 0) is 13.3 Å². The maximum atomic E-state index is 11.6. The Hall–Kier alpha value is -0.860.